The van der Waals surface area contributed by atoms with Crippen LogP contribution in [-0.2, 0) is 0 Å². The van der Waals surface area contributed by atoms with Crippen molar-refractivity contribution < 1.29 is 14.4 Å². The molecule has 2 aromatic carbocycles. The van der Waals surface area contributed by atoms with E-state index >= 15 is 0 Å². The predicted octanol–water partition coefficient (Wildman–Crippen LogP) is 3.94. The summed E-state index contributed by atoms with van der Waals surface area (Å²) in [6.07, 6.45) is 1.39. The van der Waals surface area contributed by atoms with Crippen LogP contribution in [0.2, 0.25) is 5.02 Å². The van der Waals surface area contributed by atoms with Crippen molar-refractivity contribution in [3.63, 3.8) is 0 Å². The number of benzene rings is 2. The summed E-state index contributed by atoms with van der Waals surface area (Å²) < 4.78 is 4.86. The van der Waals surface area contributed by atoms with E-state index in [2.05, 4.69) is 5.16 Å². The van der Waals surface area contributed by atoms with Crippen LogP contribution < -0.4 is 5.73 Å². The molecule has 0 fully saturated rings. The number of aromatic nitrogens is 1. The number of nitrogens with zero attached hydrogens (tertiary/aromatic N) is 1. The summed E-state index contributed by atoms with van der Waals surface area (Å²) in [5.74, 6) is -1.15. The minimum atomic E-state index is -1.15. The van der Waals surface area contributed by atoms with Crippen LogP contribution in [0.25, 0.3) is 22.4 Å². The monoisotopic (exact) mass is 314 g/mol. The van der Waals surface area contributed by atoms with Gasteiger partial charge in [-0.05, 0) is 11.6 Å². The van der Waals surface area contributed by atoms with E-state index in [1.165, 1.54) is 12.3 Å². The average Bonchev–Trinajstić information content (AvgIpc) is 3.03. The number of carboxylic acid groups (broad SMARTS) is 1. The molecule has 110 valence electrons. The molecule has 0 amide bonds. The van der Waals surface area contributed by atoms with Crippen molar-refractivity contribution in [1.82, 2.24) is 5.16 Å². The number of carbonyl (C=O) groups is 1. The van der Waals surface area contributed by atoms with Crippen LogP contribution in [0.4, 0.5) is 5.69 Å². The summed E-state index contributed by atoms with van der Waals surface area (Å²) in [7, 11) is 0. The highest BCUT2D eigenvalue weighted by molar-refractivity contribution is 6.35. The fourth-order valence-electron chi connectivity index (χ4n) is 2.34. The number of anilines is 1. The maximum atomic E-state index is 11.4. The molecule has 0 aliphatic rings. The number of halogens is 1. The molecule has 0 radical (unpaired) electrons. The van der Waals surface area contributed by atoms with Crippen molar-refractivity contribution in [3.8, 4) is 22.4 Å². The van der Waals surface area contributed by atoms with Crippen LogP contribution in [0, 0.1) is 0 Å². The Kier molecular flexibility index (Phi) is 3.56. The lowest BCUT2D eigenvalue weighted by Crippen LogP contribution is -2.06. The molecule has 3 rings (SSSR count). The van der Waals surface area contributed by atoms with E-state index in [1.54, 1.807) is 6.07 Å². The van der Waals surface area contributed by atoms with Crippen LogP contribution >= 0.6 is 11.6 Å². The normalized spacial score (nSPS) is 10.6. The van der Waals surface area contributed by atoms with Crippen LogP contribution in [0.5, 0.6) is 0 Å². The molecule has 0 bridgehead atoms. The van der Waals surface area contributed by atoms with Gasteiger partial charge < -0.3 is 15.4 Å². The van der Waals surface area contributed by atoms with Gasteiger partial charge in [0.15, 0.2) is 0 Å². The molecule has 3 aromatic rings. The molecule has 0 saturated heterocycles. The summed E-state index contributed by atoms with van der Waals surface area (Å²) in [4.78, 5) is 11.4. The van der Waals surface area contributed by atoms with Crippen molar-refractivity contribution in [2.75, 3.05) is 5.73 Å². The van der Waals surface area contributed by atoms with E-state index < -0.39 is 5.97 Å². The largest absolute Gasteiger partial charge is 0.478 e. The van der Waals surface area contributed by atoms with Crippen molar-refractivity contribution in [2.45, 2.75) is 0 Å². The van der Waals surface area contributed by atoms with Gasteiger partial charge in [0.2, 0.25) is 0 Å². The molecule has 6 heteroatoms. The highest BCUT2D eigenvalue weighted by atomic mass is 35.5. The Balaban J connectivity index is 2.39. The third-order valence-corrected chi connectivity index (χ3v) is 3.60. The van der Waals surface area contributed by atoms with E-state index in [1.807, 2.05) is 30.3 Å². The second kappa shape index (κ2) is 5.54. The highest BCUT2D eigenvalue weighted by Gasteiger charge is 2.22. The van der Waals surface area contributed by atoms with Gasteiger partial charge in [-0.15, -0.1) is 0 Å². The second-order valence-corrected chi connectivity index (χ2v) is 5.03. The zero-order chi connectivity index (χ0) is 15.7. The topological polar surface area (TPSA) is 89.4 Å². The molecule has 1 heterocycles. The molecule has 0 unspecified atom stereocenters. The number of nitrogens with two attached hydrogens (primary N) is 1. The fraction of sp³-hybridized carbons (Fsp3) is 0. The van der Waals surface area contributed by atoms with Crippen molar-refractivity contribution in [1.29, 1.82) is 0 Å². The molecule has 22 heavy (non-hydrogen) atoms. The molecule has 0 spiro atoms. The van der Waals surface area contributed by atoms with Crippen LogP contribution in [0.15, 0.2) is 53.3 Å². The van der Waals surface area contributed by atoms with E-state index in [0.29, 0.717) is 16.8 Å². The summed E-state index contributed by atoms with van der Waals surface area (Å²) >= 11 is 6.32. The van der Waals surface area contributed by atoms with Gasteiger partial charge >= 0.3 is 5.97 Å². The Labute approximate surface area is 130 Å². The van der Waals surface area contributed by atoms with Gasteiger partial charge in [0.05, 0.1) is 16.3 Å². The summed E-state index contributed by atoms with van der Waals surface area (Å²) in [6.45, 7) is 0. The van der Waals surface area contributed by atoms with Crippen molar-refractivity contribution in [2.24, 2.45) is 0 Å². The third kappa shape index (κ3) is 2.31. The maximum absolute atomic E-state index is 11.4. The predicted molar refractivity (Wildman–Crippen MR) is 83.8 cm³/mol. The minimum absolute atomic E-state index is 0.0670. The van der Waals surface area contributed by atoms with E-state index in [-0.39, 0.29) is 16.3 Å². The lowest BCUT2D eigenvalue weighted by atomic mass is 9.93. The fourth-order valence-corrected chi connectivity index (χ4v) is 2.65. The first-order valence-electron chi connectivity index (χ1n) is 6.41. The van der Waals surface area contributed by atoms with Gasteiger partial charge in [-0.3, -0.25) is 0 Å². The Hall–Kier alpha value is -2.79. The summed E-state index contributed by atoms with van der Waals surface area (Å²) in [6, 6.07) is 12.3. The summed E-state index contributed by atoms with van der Waals surface area (Å²) in [5.41, 5.74) is 8.41. The van der Waals surface area contributed by atoms with Gasteiger partial charge in [-0.25, -0.2) is 4.79 Å². The van der Waals surface area contributed by atoms with Gasteiger partial charge in [-0.1, -0.05) is 47.1 Å². The molecule has 0 atom stereocenters. The SMILES string of the molecule is Nc1c(C(=O)O)cc(Cl)c(-c2ccccc2)c1-c1ccon1. The first-order chi connectivity index (χ1) is 10.6. The maximum Gasteiger partial charge on any atom is 0.337 e. The van der Waals surface area contributed by atoms with E-state index in [9.17, 15) is 9.90 Å². The number of nitrogen functional groups attached to an aromatic ring is 1. The van der Waals surface area contributed by atoms with Crippen LogP contribution in [-0.4, -0.2) is 16.2 Å². The third-order valence-electron chi connectivity index (χ3n) is 3.31. The van der Waals surface area contributed by atoms with Crippen LogP contribution in [0.3, 0.4) is 0 Å². The average molecular weight is 315 g/mol. The highest BCUT2D eigenvalue weighted by Crippen LogP contribution is 2.42. The molecular formula is C16H11ClN2O3. The number of hydrogen-bond donors (Lipinski definition) is 2. The van der Waals surface area contributed by atoms with Gasteiger partial charge in [-0.2, -0.15) is 0 Å². The van der Waals surface area contributed by atoms with Gasteiger partial charge in [0, 0.05) is 17.2 Å². The smallest absolute Gasteiger partial charge is 0.337 e. The molecule has 0 saturated carbocycles. The minimum Gasteiger partial charge on any atom is -0.478 e. The first-order valence-corrected chi connectivity index (χ1v) is 6.79. The zero-order valence-corrected chi connectivity index (χ0v) is 12.0. The molecule has 1 aromatic heterocycles. The van der Waals surface area contributed by atoms with E-state index in [4.69, 9.17) is 21.9 Å². The number of carboxylic acids is 1. The molecule has 0 aliphatic carbocycles. The van der Waals surface area contributed by atoms with Crippen molar-refractivity contribution >= 4 is 23.3 Å². The molecule has 0 aliphatic heterocycles. The zero-order valence-electron chi connectivity index (χ0n) is 11.3. The second-order valence-electron chi connectivity index (χ2n) is 4.63. The number of hydrogen-bond acceptors (Lipinski definition) is 4. The number of aromatic carboxylic acids is 1. The Morgan fingerprint density at radius 2 is 1.91 bits per heavy atom. The van der Waals surface area contributed by atoms with E-state index in [0.717, 1.165) is 5.56 Å². The Morgan fingerprint density at radius 1 is 1.18 bits per heavy atom. The number of rotatable bonds is 3. The standard InChI is InChI=1S/C16H11ClN2O3/c17-11-8-10(16(20)21)15(18)14(12-6-7-22-19-12)13(11)9-4-2-1-3-5-9/h1-8H,18H2,(H,20,21). The first kappa shape index (κ1) is 14.2. The van der Waals surface area contributed by atoms with Gasteiger partial charge in [0.25, 0.3) is 0 Å². The lowest BCUT2D eigenvalue weighted by molar-refractivity contribution is 0.0698. The Morgan fingerprint density at radius 3 is 2.50 bits per heavy atom. The van der Waals surface area contributed by atoms with Gasteiger partial charge in [0.1, 0.15) is 12.0 Å². The Bertz CT molecular complexity index is 830. The van der Waals surface area contributed by atoms with Crippen molar-refractivity contribution in [3.05, 3.63) is 59.3 Å². The lowest BCUT2D eigenvalue weighted by Gasteiger charge is -2.15. The molecular weight excluding hydrogens is 304 g/mol. The van der Waals surface area contributed by atoms with Crippen LogP contribution in [0.1, 0.15) is 10.4 Å². The molecule has 3 N–H and O–H groups in total. The summed E-state index contributed by atoms with van der Waals surface area (Å²) in [5, 5.41) is 13.4. The quantitative estimate of drug-likeness (QED) is 0.715. The molecule has 5 nitrogen and oxygen atoms in total.